The molecule has 24 heavy (non-hydrogen) atoms. The van der Waals surface area contributed by atoms with E-state index in [-0.39, 0.29) is 16.6 Å². The van der Waals surface area contributed by atoms with Crippen LogP contribution in [-0.2, 0) is 15.7 Å². The molecule has 0 bridgehead atoms. The molecule has 0 spiro atoms. The van der Waals surface area contributed by atoms with Crippen molar-refractivity contribution in [1.82, 2.24) is 4.90 Å². The number of halogens is 4. The second-order valence-electron chi connectivity index (χ2n) is 5.97. The van der Waals surface area contributed by atoms with E-state index < -0.39 is 17.8 Å². The molecule has 0 aliphatic carbocycles. The van der Waals surface area contributed by atoms with Crippen LogP contribution >= 0.6 is 11.6 Å². The molecular formula is C16H18ClF3N2O2. The fourth-order valence-electron chi connectivity index (χ4n) is 3.15. The summed E-state index contributed by atoms with van der Waals surface area (Å²) in [5.41, 5.74) is -0.634. The number of amides is 1. The summed E-state index contributed by atoms with van der Waals surface area (Å²) in [6.07, 6.45) is -3.27. The number of rotatable bonds is 2. The largest absolute Gasteiger partial charge is 0.418 e. The summed E-state index contributed by atoms with van der Waals surface area (Å²) in [7, 11) is 0. The Bertz CT molecular complexity index is 610. The lowest BCUT2D eigenvalue weighted by atomic mass is 10.1. The first kappa shape index (κ1) is 17.4. The van der Waals surface area contributed by atoms with Gasteiger partial charge in [-0.15, -0.1) is 0 Å². The van der Waals surface area contributed by atoms with Crippen LogP contribution in [0, 0.1) is 0 Å². The molecule has 3 rings (SSSR count). The Morgan fingerprint density at radius 2 is 1.92 bits per heavy atom. The fraction of sp³-hybridized carbons (Fsp3) is 0.562. The summed E-state index contributed by atoms with van der Waals surface area (Å²) in [5.74, 6) is -0.0562. The number of alkyl halides is 3. The normalized spacial score (nSPS) is 22.1. The van der Waals surface area contributed by atoms with Crippen molar-refractivity contribution in [3.63, 3.8) is 0 Å². The van der Waals surface area contributed by atoms with Crippen LogP contribution < -0.4 is 4.90 Å². The molecule has 2 aliphatic rings. The highest BCUT2D eigenvalue weighted by molar-refractivity contribution is 6.30. The molecule has 2 aliphatic heterocycles. The first-order valence-corrected chi connectivity index (χ1v) is 8.26. The van der Waals surface area contributed by atoms with Crippen LogP contribution in [0.3, 0.4) is 0 Å². The number of piperazine rings is 1. The Hall–Kier alpha value is -1.47. The third-order valence-corrected chi connectivity index (χ3v) is 4.64. The van der Waals surface area contributed by atoms with Crippen LogP contribution in [0.1, 0.15) is 18.4 Å². The zero-order valence-electron chi connectivity index (χ0n) is 13.0. The molecule has 1 aromatic carbocycles. The molecule has 8 heteroatoms. The molecule has 4 nitrogen and oxygen atoms in total. The number of carbonyl (C=O) groups is 1. The Morgan fingerprint density at radius 1 is 1.21 bits per heavy atom. The summed E-state index contributed by atoms with van der Waals surface area (Å²) < 4.78 is 45.1. The average molecular weight is 363 g/mol. The van der Waals surface area contributed by atoms with Crippen LogP contribution in [0.15, 0.2) is 18.2 Å². The van der Waals surface area contributed by atoms with Crippen molar-refractivity contribution in [2.24, 2.45) is 0 Å². The summed E-state index contributed by atoms with van der Waals surface area (Å²) in [5, 5.41) is 0.0540. The van der Waals surface area contributed by atoms with Crippen molar-refractivity contribution in [1.29, 1.82) is 0 Å². The van der Waals surface area contributed by atoms with Crippen molar-refractivity contribution in [2.75, 3.05) is 37.7 Å². The third kappa shape index (κ3) is 3.62. The number of hydrogen-bond acceptors (Lipinski definition) is 3. The van der Waals surface area contributed by atoms with Gasteiger partial charge < -0.3 is 14.5 Å². The van der Waals surface area contributed by atoms with E-state index in [0.717, 1.165) is 12.5 Å². The maximum Gasteiger partial charge on any atom is 0.418 e. The number of carbonyl (C=O) groups excluding carboxylic acids is 1. The Labute approximate surface area is 143 Å². The van der Waals surface area contributed by atoms with Crippen molar-refractivity contribution in [3.8, 4) is 0 Å². The first-order chi connectivity index (χ1) is 11.4. The standard InChI is InChI=1S/C16H18ClF3N2O2/c17-11-3-4-13(12(10-11)16(18,19)20)21-5-7-22(8-6-21)15(23)14-2-1-9-24-14/h3-4,10,14H,1-2,5-9H2. The zero-order valence-corrected chi connectivity index (χ0v) is 13.7. The molecule has 1 unspecified atom stereocenters. The second-order valence-corrected chi connectivity index (χ2v) is 6.41. The van der Waals surface area contributed by atoms with Crippen LogP contribution in [0.5, 0.6) is 0 Å². The molecule has 2 saturated heterocycles. The van der Waals surface area contributed by atoms with Gasteiger partial charge in [0.05, 0.1) is 5.56 Å². The molecule has 0 saturated carbocycles. The third-order valence-electron chi connectivity index (χ3n) is 4.40. The Kier molecular flexibility index (Phi) is 4.92. The highest BCUT2D eigenvalue weighted by atomic mass is 35.5. The minimum absolute atomic E-state index is 0.0540. The van der Waals surface area contributed by atoms with Crippen LogP contribution in [0.2, 0.25) is 5.02 Å². The van der Waals surface area contributed by atoms with Gasteiger partial charge in [-0.3, -0.25) is 4.79 Å². The van der Waals surface area contributed by atoms with E-state index in [1.54, 1.807) is 9.80 Å². The van der Waals surface area contributed by atoms with E-state index >= 15 is 0 Å². The molecule has 1 amide bonds. The van der Waals surface area contributed by atoms with Crippen LogP contribution in [0.4, 0.5) is 18.9 Å². The molecule has 132 valence electrons. The molecule has 0 radical (unpaired) electrons. The molecule has 1 aromatic rings. The maximum atomic E-state index is 13.2. The number of hydrogen-bond donors (Lipinski definition) is 0. The lowest BCUT2D eigenvalue weighted by Gasteiger charge is -2.38. The van der Waals surface area contributed by atoms with Crippen LogP contribution in [0.25, 0.3) is 0 Å². The lowest BCUT2D eigenvalue weighted by Crippen LogP contribution is -2.51. The van der Waals surface area contributed by atoms with Gasteiger partial charge in [0.25, 0.3) is 5.91 Å². The molecule has 1 atom stereocenters. The summed E-state index contributed by atoms with van der Waals surface area (Å²) in [4.78, 5) is 15.6. The SMILES string of the molecule is O=C(C1CCCO1)N1CCN(c2ccc(Cl)cc2C(F)(F)F)CC1. The number of nitrogens with zero attached hydrogens (tertiary/aromatic N) is 2. The second kappa shape index (κ2) is 6.80. The Morgan fingerprint density at radius 3 is 2.50 bits per heavy atom. The van der Waals surface area contributed by atoms with Crippen LogP contribution in [-0.4, -0.2) is 49.7 Å². The molecule has 2 fully saturated rings. The quantitative estimate of drug-likeness (QED) is 0.810. The predicted molar refractivity (Wildman–Crippen MR) is 84.2 cm³/mol. The number of benzene rings is 1. The van der Waals surface area contributed by atoms with Crippen molar-refractivity contribution in [2.45, 2.75) is 25.1 Å². The topological polar surface area (TPSA) is 32.8 Å². The maximum absolute atomic E-state index is 13.2. The number of ether oxygens (including phenoxy) is 1. The summed E-state index contributed by atoms with van der Waals surface area (Å²) in [6, 6.07) is 3.79. The van der Waals surface area contributed by atoms with E-state index in [1.807, 2.05) is 0 Å². The Balaban J connectivity index is 1.70. The van der Waals surface area contributed by atoms with E-state index in [4.69, 9.17) is 16.3 Å². The number of anilines is 1. The van der Waals surface area contributed by atoms with E-state index in [1.165, 1.54) is 12.1 Å². The van der Waals surface area contributed by atoms with E-state index in [9.17, 15) is 18.0 Å². The van der Waals surface area contributed by atoms with Crippen molar-refractivity contribution in [3.05, 3.63) is 28.8 Å². The highest BCUT2D eigenvalue weighted by Crippen LogP contribution is 2.38. The van der Waals surface area contributed by atoms with Gasteiger partial charge in [-0.05, 0) is 31.0 Å². The van der Waals surface area contributed by atoms with Gasteiger partial charge in [0.15, 0.2) is 0 Å². The van der Waals surface area contributed by atoms with Crippen molar-refractivity contribution < 1.29 is 22.7 Å². The van der Waals surface area contributed by atoms with Crippen molar-refractivity contribution >= 4 is 23.2 Å². The highest BCUT2D eigenvalue weighted by Gasteiger charge is 2.36. The minimum atomic E-state index is -4.47. The summed E-state index contributed by atoms with van der Waals surface area (Å²) >= 11 is 5.71. The van der Waals surface area contributed by atoms with Gasteiger partial charge in [-0.1, -0.05) is 11.6 Å². The molecular weight excluding hydrogens is 345 g/mol. The predicted octanol–water partition coefficient (Wildman–Crippen LogP) is 3.19. The van der Waals surface area contributed by atoms with Gasteiger partial charge in [-0.25, -0.2) is 0 Å². The summed E-state index contributed by atoms with van der Waals surface area (Å²) in [6.45, 7) is 2.07. The smallest absolute Gasteiger partial charge is 0.368 e. The lowest BCUT2D eigenvalue weighted by molar-refractivity contribution is -0.141. The molecule has 2 heterocycles. The fourth-order valence-corrected chi connectivity index (χ4v) is 3.33. The van der Waals surface area contributed by atoms with Gasteiger partial charge in [-0.2, -0.15) is 13.2 Å². The minimum Gasteiger partial charge on any atom is -0.368 e. The van der Waals surface area contributed by atoms with Gasteiger partial charge in [0, 0.05) is 43.5 Å². The average Bonchev–Trinajstić information content (AvgIpc) is 3.08. The van der Waals surface area contributed by atoms with E-state index in [0.29, 0.717) is 39.2 Å². The molecule has 0 aromatic heterocycles. The molecule has 0 N–H and O–H groups in total. The van der Waals surface area contributed by atoms with Gasteiger partial charge in [0.2, 0.25) is 0 Å². The monoisotopic (exact) mass is 362 g/mol. The van der Waals surface area contributed by atoms with E-state index in [2.05, 4.69) is 0 Å². The zero-order chi connectivity index (χ0) is 17.3. The van der Waals surface area contributed by atoms with Gasteiger partial charge in [0.1, 0.15) is 6.10 Å². The first-order valence-electron chi connectivity index (χ1n) is 7.88. The van der Waals surface area contributed by atoms with Gasteiger partial charge >= 0.3 is 6.18 Å².